The van der Waals surface area contributed by atoms with Crippen molar-refractivity contribution in [3.05, 3.63) is 0 Å². The SMILES string of the molecule is CC(O)[C@H]1OC(C)(C)O[C@H]1[C@H](O)[C@@H]1COC(C)(C)O1. The average molecular weight is 276 g/mol. The Balaban J connectivity index is 2.07. The zero-order chi connectivity index (χ0) is 14.4. The highest BCUT2D eigenvalue weighted by Crippen LogP contribution is 2.35. The number of hydrogen-bond acceptors (Lipinski definition) is 6. The van der Waals surface area contributed by atoms with Gasteiger partial charge in [0.2, 0.25) is 0 Å². The van der Waals surface area contributed by atoms with Gasteiger partial charge >= 0.3 is 0 Å². The van der Waals surface area contributed by atoms with Crippen molar-refractivity contribution in [2.45, 2.75) is 76.7 Å². The summed E-state index contributed by atoms with van der Waals surface area (Å²) in [7, 11) is 0. The molecule has 112 valence electrons. The topological polar surface area (TPSA) is 77.4 Å². The molecule has 6 heteroatoms. The van der Waals surface area contributed by atoms with Crippen molar-refractivity contribution in [3.63, 3.8) is 0 Å². The van der Waals surface area contributed by atoms with E-state index < -0.39 is 42.1 Å². The molecule has 1 unspecified atom stereocenters. The number of ether oxygens (including phenoxy) is 4. The first-order valence-corrected chi connectivity index (χ1v) is 6.65. The molecule has 0 spiro atoms. The van der Waals surface area contributed by atoms with Gasteiger partial charge in [0.1, 0.15) is 24.4 Å². The third-order valence-electron chi connectivity index (χ3n) is 3.39. The van der Waals surface area contributed by atoms with Crippen molar-refractivity contribution in [2.24, 2.45) is 0 Å². The molecule has 2 aliphatic rings. The van der Waals surface area contributed by atoms with E-state index in [-0.39, 0.29) is 0 Å². The second-order valence-corrected chi connectivity index (χ2v) is 6.16. The second kappa shape index (κ2) is 4.95. The van der Waals surface area contributed by atoms with Gasteiger partial charge in [0, 0.05) is 0 Å². The van der Waals surface area contributed by atoms with E-state index in [9.17, 15) is 10.2 Å². The molecular weight excluding hydrogens is 252 g/mol. The summed E-state index contributed by atoms with van der Waals surface area (Å²) >= 11 is 0. The van der Waals surface area contributed by atoms with Gasteiger partial charge in [0.15, 0.2) is 11.6 Å². The fourth-order valence-electron chi connectivity index (χ4n) is 2.55. The monoisotopic (exact) mass is 276 g/mol. The molecule has 0 bridgehead atoms. The van der Waals surface area contributed by atoms with Crippen LogP contribution in [0.15, 0.2) is 0 Å². The zero-order valence-electron chi connectivity index (χ0n) is 12.1. The van der Waals surface area contributed by atoms with Crippen LogP contribution in [0.2, 0.25) is 0 Å². The fourth-order valence-corrected chi connectivity index (χ4v) is 2.55. The normalized spacial score (nSPS) is 40.3. The van der Waals surface area contributed by atoms with Crippen molar-refractivity contribution in [1.29, 1.82) is 0 Å². The molecule has 2 saturated heterocycles. The van der Waals surface area contributed by atoms with E-state index in [1.54, 1.807) is 34.6 Å². The van der Waals surface area contributed by atoms with E-state index >= 15 is 0 Å². The Bertz CT molecular complexity index is 327. The summed E-state index contributed by atoms with van der Waals surface area (Å²) in [6.07, 6.45) is -3.37. The lowest BCUT2D eigenvalue weighted by Gasteiger charge is -2.27. The maximum atomic E-state index is 10.4. The molecule has 0 saturated carbocycles. The fraction of sp³-hybridized carbons (Fsp3) is 1.00. The standard InChI is InChI=1S/C13H24O6/c1-7(14)10-11(19-13(4,5)18-10)9(15)8-6-16-12(2,3)17-8/h7-11,14-15H,6H2,1-5H3/t7?,8-,9+,10+,11-/m0/s1. The van der Waals surface area contributed by atoms with E-state index in [0.29, 0.717) is 6.61 Å². The molecule has 0 aliphatic carbocycles. The van der Waals surface area contributed by atoms with Crippen LogP contribution in [0, 0.1) is 0 Å². The molecule has 6 nitrogen and oxygen atoms in total. The van der Waals surface area contributed by atoms with Crippen molar-refractivity contribution in [2.75, 3.05) is 6.61 Å². The summed E-state index contributed by atoms with van der Waals surface area (Å²) in [5.41, 5.74) is 0. The summed E-state index contributed by atoms with van der Waals surface area (Å²) in [6, 6.07) is 0. The van der Waals surface area contributed by atoms with Crippen LogP contribution in [-0.2, 0) is 18.9 Å². The predicted octanol–water partition coefficient (Wildman–Crippen LogP) is 0.400. The van der Waals surface area contributed by atoms with Gasteiger partial charge in [-0.15, -0.1) is 0 Å². The number of aliphatic hydroxyl groups is 2. The van der Waals surface area contributed by atoms with Gasteiger partial charge in [-0.1, -0.05) is 0 Å². The van der Waals surface area contributed by atoms with Gasteiger partial charge in [0.25, 0.3) is 0 Å². The van der Waals surface area contributed by atoms with Crippen LogP contribution in [0.1, 0.15) is 34.6 Å². The average Bonchev–Trinajstić information content (AvgIpc) is 2.77. The van der Waals surface area contributed by atoms with Crippen LogP contribution in [0.3, 0.4) is 0 Å². The maximum Gasteiger partial charge on any atom is 0.164 e. The van der Waals surface area contributed by atoms with Gasteiger partial charge < -0.3 is 29.2 Å². The minimum atomic E-state index is -0.914. The van der Waals surface area contributed by atoms with Crippen LogP contribution in [0.5, 0.6) is 0 Å². The Kier molecular flexibility index (Phi) is 3.94. The van der Waals surface area contributed by atoms with Crippen molar-refractivity contribution in [3.8, 4) is 0 Å². The molecule has 0 aromatic rings. The van der Waals surface area contributed by atoms with E-state index in [2.05, 4.69) is 0 Å². The second-order valence-electron chi connectivity index (χ2n) is 6.16. The summed E-state index contributed by atoms with van der Waals surface area (Å²) in [4.78, 5) is 0. The maximum absolute atomic E-state index is 10.4. The largest absolute Gasteiger partial charge is 0.391 e. The van der Waals surface area contributed by atoms with Gasteiger partial charge in [-0.25, -0.2) is 0 Å². The first kappa shape index (κ1) is 15.2. The molecule has 0 aromatic heterocycles. The third kappa shape index (κ3) is 3.26. The van der Waals surface area contributed by atoms with E-state index in [1.165, 1.54) is 0 Å². The van der Waals surface area contributed by atoms with Crippen molar-refractivity contribution >= 4 is 0 Å². The Morgan fingerprint density at radius 3 is 2.00 bits per heavy atom. The van der Waals surface area contributed by atoms with Crippen LogP contribution in [0.4, 0.5) is 0 Å². The summed E-state index contributed by atoms with van der Waals surface area (Å²) in [5, 5.41) is 20.2. The Morgan fingerprint density at radius 2 is 1.53 bits per heavy atom. The number of aliphatic hydroxyl groups excluding tert-OH is 2. The molecule has 2 N–H and O–H groups in total. The van der Waals surface area contributed by atoms with Crippen molar-refractivity contribution in [1.82, 2.24) is 0 Å². The van der Waals surface area contributed by atoms with Crippen LogP contribution < -0.4 is 0 Å². The highest BCUT2D eigenvalue weighted by Gasteiger charge is 2.51. The number of rotatable bonds is 3. The van der Waals surface area contributed by atoms with Crippen LogP contribution in [0.25, 0.3) is 0 Å². The third-order valence-corrected chi connectivity index (χ3v) is 3.39. The lowest BCUT2D eigenvalue weighted by atomic mass is 10.0. The molecule has 2 heterocycles. The number of hydrogen-bond donors (Lipinski definition) is 2. The van der Waals surface area contributed by atoms with E-state index in [0.717, 1.165) is 0 Å². The van der Waals surface area contributed by atoms with Crippen LogP contribution in [-0.4, -0.2) is 58.9 Å². The lowest BCUT2D eigenvalue weighted by molar-refractivity contribution is -0.179. The minimum Gasteiger partial charge on any atom is -0.391 e. The van der Waals surface area contributed by atoms with Crippen molar-refractivity contribution < 1.29 is 29.2 Å². The zero-order valence-corrected chi connectivity index (χ0v) is 12.1. The summed E-state index contributed by atoms with van der Waals surface area (Å²) < 4.78 is 22.4. The minimum absolute atomic E-state index is 0.293. The van der Waals surface area contributed by atoms with Gasteiger partial charge in [-0.3, -0.25) is 0 Å². The molecule has 0 radical (unpaired) electrons. The molecule has 5 atom stereocenters. The molecular formula is C13H24O6. The van der Waals surface area contributed by atoms with E-state index in [1.807, 2.05) is 0 Å². The molecule has 2 aliphatic heterocycles. The summed E-state index contributed by atoms with van der Waals surface area (Å²) in [5.74, 6) is -1.54. The summed E-state index contributed by atoms with van der Waals surface area (Å²) in [6.45, 7) is 9.01. The van der Waals surface area contributed by atoms with Gasteiger partial charge in [-0.05, 0) is 34.6 Å². The lowest BCUT2D eigenvalue weighted by Crippen LogP contribution is -2.47. The van der Waals surface area contributed by atoms with E-state index in [4.69, 9.17) is 18.9 Å². The molecule has 2 fully saturated rings. The Morgan fingerprint density at radius 1 is 0.947 bits per heavy atom. The van der Waals surface area contributed by atoms with Gasteiger partial charge in [0.05, 0.1) is 12.7 Å². The molecule has 2 rings (SSSR count). The molecule has 19 heavy (non-hydrogen) atoms. The molecule has 0 amide bonds. The smallest absolute Gasteiger partial charge is 0.164 e. The van der Waals surface area contributed by atoms with Gasteiger partial charge in [-0.2, -0.15) is 0 Å². The molecule has 0 aromatic carbocycles. The first-order chi connectivity index (χ1) is 8.61. The van der Waals surface area contributed by atoms with Crippen LogP contribution >= 0.6 is 0 Å². The predicted molar refractivity (Wildman–Crippen MR) is 66.4 cm³/mol. The Hall–Kier alpha value is -0.240. The first-order valence-electron chi connectivity index (χ1n) is 6.65. The Labute approximate surface area is 113 Å². The quantitative estimate of drug-likeness (QED) is 0.777. The highest BCUT2D eigenvalue weighted by molar-refractivity contribution is 4.94. The highest BCUT2D eigenvalue weighted by atomic mass is 16.8.